The first-order valence-electron chi connectivity index (χ1n) is 9.38. The van der Waals surface area contributed by atoms with E-state index in [0.717, 1.165) is 0 Å². The minimum atomic E-state index is -0.607. The van der Waals surface area contributed by atoms with Gasteiger partial charge in [-0.2, -0.15) is 0 Å². The van der Waals surface area contributed by atoms with Crippen molar-refractivity contribution in [3.8, 4) is 0 Å². The van der Waals surface area contributed by atoms with Gasteiger partial charge in [0, 0.05) is 26.2 Å². The molecule has 2 aliphatic heterocycles. The first-order chi connectivity index (χ1) is 13.2. The Morgan fingerprint density at radius 2 is 1.59 bits per heavy atom. The van der Waals surface area contributed by atoms with E-state index in [4.69, 9.17) is 4.74 Å². The van der Waals surface area contributed by atoms with Crippen LogP contribution >= 0.6 is 0 Å². The molecule has 0 aromatic heterocycles. The van der Waals surface area contributed by atoms with Crippen LogP contribution < -0.4 is 0 Å². The Labute approximate surface area is 192 Å². The summed E-state index contributed by atoms with van der Waals surface area (Å²) in [5, 5.41) is 0. The maximum absolute atomic E-state index is 12.4. The summed E-state index contributed by atoms with van der Waals surface area (Å²) in [4.78, 5) is 53.4. The number of fused-ring (bicyclic) bond motifs is 1. The van der Waals surface area contributed by atoms with Gasteiger partial charge in [-0.05, 0) is 39.3 Å². The Bertz CT molecular complexity index is 786. The van der Waals surface area contributed by atoms with Crippen LogP contribution in [-0.4, -0.2) is 106 Å². The van der Waals surface area contributed by atoms with Crippen molar-refractivity contribution in [2.75, 3.05) is 32.7 Å². The van der Waals surface area contributed by atoms with Crippen LogP contribution in [0.5, 0.6) is 0 Å². The zero-order valence-electron chi connectivity index (χ0n) is 16.4. The number of ether oxygens (including phenoxy) is 1. The third kappa shape index (κ3) is 5.38. The van der Waals surface area contributed by atoms with Crippen molar-refractivity contribution in [2.45, 2.75) is 32.8 Å². The molecule has 0 bridgehead atoms. The second-order valence-corrected chi connectivity index (χ2v) is 7.94. The summed E-state index contributed by atoms with van der Waals surface area (Å²) in [5.74, 6) is -0.747. The van der Waals surface area contributed by atoms with Crippen molar-refractivity contribution in [3.05, 3.63) is 35.4 Å². The zero-order valence-corrected chi connectivity index (χ0v) is 16.4. The molecule has 29 heavy (non-hydrogen) atoms. The molecule has 1 saturated heterocycles. The molecule has 1 aromatic carbocycles. The van der Waals surface area contributed by atoms with Crippen molar-refractivity contribution >= 4 is 53.4 Å². The van der Waals surface area contributed by atoms with Crippen LogP contribution in [0.3, 0.4) is 0 Å². The van der Waals surface area contributed by atoms with E-state index in [1.54, 1.807) is 49.9 Å². The number of carbonyl (C=O) groups excluding carboxylic acids is 4. The van der Waals surface area contributed by atoms with E-state index in [0.29, 0.717) is 37.2 Å². The summed E-state index contributed by atoms with van der Waals surface area (Å²) in [6.07, 6.45) is -0.00423. The van der Waals surface area contributed by atoms with E-state index in [1.807, 2.05) is 0 Å². The van der Waals surface area contributed by atoms with E-state index in [9.17, 15) is 19.2 Å². The van der Waals surface area contributed by atoms with Gasteiger partial charge >= 0.3 is 35.7 Å². The molecule has 1 fully saturated rings. The molecule has 0 unspecified atom stereocenters. The van der Waals surface area contributed by atoms with Crippen molar-refractivity contribution in [2.24, 2.45) is 0 Å². The van der Waals surface area contributed by atoms with Crippen LogP contribution in [0.4, 0.5) is 4.79 Å². The number of carbonyl (C=O) groups is 4. The van der Waals surface area contributed by atoms with Crippen LogP contribution in [0.25, 0.3) is 0 Å². The molecular formula is C20H26N3NaO5. The number of hydrogen-bond acceptors (Lipinski definition) is 5. The fraction of sp³-hybridized carbons (Fsp3) is 0.500. The van der Waals surface area contributed by atoms with Gasteiger partial charge in [-0.1, -0.05) is 12.1 Å². The summed E-state index contributed by atoms with van der Waals surface area (Å²) < 4.78 is 5.30. The number of amides is 4. The third-order valence-corrected chi connectivity index (χ3v) is 4.66. The maximum atomic E-state index is 12.4. The Hall–Kier alpha value is -1.90. The van der Waals surface area contributed by atoms with E-state index in [2.05, 4.69) is 0 Å². The van der Waals surface area contributed by atoms with E-state index >= 15 is 0 Å². The average molecular weight is 411 g/mol. The molecule has 1 aromatic rings. The number of imide groups is 1. The van der Waals surface area contributed by atoms with E-state index in [1.165, 1.54) is 9.80 Å². The molecule has 152 valence electrons. The molecule has 0 atom stereocenters. The molecule has 2 heterocycles. The van der Waals surface area contributed by atoms with Crippen molar-refractivity contribution < 1.29 is 23.9 Å². The summed E-state index contributed by atoms with van der Waals surface area (Å²) in [5.41, 5.74) is 0.244. The first-order valence-corrected chi connectivity index (χ1v) is 9.38. The fourth-order valence-corrected chi connectivity index (χ4v) is 3.29. The van der Waals surface area contributed by atoms with Gasteiger partial charge in [0.1, 0.15) is 12.1 Å². The van der Waals surface area contributed by atoms with Crippen molar-refractivity contribution in [1.29, 1.82) is 0 Å². The molecule has 9 heteroatoms. The molecule has 0 radical (unpaired) electrons. The Balaban J connectivity index is 0.00000300. The van der Waals surface area contributed by atoms with E-state index in [-0.39, 0.29) is 60.4 Å². The molecule has 0 aliphatic carbocycles. The topological polar surface area (TPSA) is 87.2 Å². The van der Waals surface area contributed by atoms with Crippen LogP contribution in [-0.2, 0) is 9.53 Å². The molecule has 0 spiro atoms. The molecule has 0 N–H and O–H groups in total. The molecule has 0 saturated carbocycles. The predicted octanol–water partition coefficient (Wildman–Crippen LogP) is 1.10. The van der Waals surface area contributed by atoms with Gasteiger partial charge in [0.05, 0.1) is 11.1 Å². The summed E-state index contributed by atoms with van der Waals surface area (Å²) in [6, 6.07) is 6.76. The predicted molar refractivity (Wildman–Crippen MR) is 108 cm³/mol. The van der Waals surface area contributed by atoms with E-state index < -0.39 is 11.7 Å². The number of hydrogen-bond donors (Lipinski definition) is 0. The van der Waals surface area contributed by atoms with Gasteiger partial charge < -0.3 is 9.64 Å². The Morgan fingerprint density at radius 3 is 2.10 bits per heavy atom. The second kappa shape index (κ2) is 9.28. The summed E-state index contributed by atoms with van der Waals surface area (Å²) >= 11 is 0. The normalized spacial score (nSPS) is 16.7. The average Bonchev–Trinajstić information content (AvgIpc) is 2.86. The summed E-state index contributed by atoms with van der Waals surface area (Å²) in [6.45, 7) is 6.79. The second-order valence-electron chi connectivity index (χ2n) is 7.94. The molecule has 3 rings (SSSR count). The van der Waals surface area contributed by atoms with Gasteiger partial charge in [-0.3, -0.25) is 24.2 Å². The fourth-order valence-electron chi connectivity index (χ4n) is 3.29. The van der Waals surface area contributed by atoms with Gasteiger partial charge in [-0.25, -0.2) is 4.79 Å². The van der Waals surface area contributed by atoms with Gasteiger partial charge in [0.15, 0.2) is 0 Å². The van der Waals surface area contributed by atoms with Crippen LogP contribution in [0.1, 0.15) is 47.9 Å². The molecule has 2 aliphatic rings. The standard InChI is InChI=1S/C20H25N3O5.Na.H/c1-20(2,3)28-19(27)22-12-11-21(16(24)13-22)9-6-10-23-17(25)14-7-4-5-8-15(14)18(23)26;;/h4-5,7-8H,6,9-13H2,1-3H3;;. The van der Waals surface area contributed by atoms with Crippen LogP contribution in [0, 0.1) is 0 Å². The van der Waals surface area contributed by atoms with Crippen LogP contribution in [0.15, 0.2) is 24.3 Å². The third-order valence-electron chi connectivity index (χ3n) is 4.66. The minimum absolute atomic E-state index is 0. The first kappa shape index (κ1) is 23.4. The summed E-state index contributed by atoms with van der Waals surface area (Å²) in [7, 11) is 0. The van der Waals surface area contributed by atoms with Gasteiger partial charge in [-0.15, -0.1) is 0 Å². The monoisotopic (exact) mass is 411 g/mol. The zero-order chi connectivity index (χ0) is 20.5. The number of nitrogens with zero attached hydrogens (tertiary/aromatic N) is 3. The molecule has 8 nitrogen and oxygen atoms in total. The number of piperazine rings is 1. The van der Waals surface area contributed by atoms with Gasteiger partial charge in [0.2, 0.25) is 5.91 Å². The number of benzene rings is 1. The van der Waals surface area contributed by atoms with Crippen molar-refractivity contribution in [3.63, 3.8) is 0 Å². The van der Waals surface area contributed by atoms with Crippen molar-refractivity contribution in [1.82, 2.24) is 14.7 Å². The molecule has 4 amide bonds. The number of rotatable bonds is 4. The Kier molecular flexibility index (Phi) is 7.48. The Morgan fingerprint density at radius 1 is 1.00 bits per heavy atom. The van der Waals surface area contributed by atoms with Crippen LogP contribution in [0.2, 0.25) is 0 Å². The van der Waals surface area contributed by atoms with Gasteiger partial charge in [0.25, 0.3) is 11.8 Å². The quantitative estimate of drug-likeness (QED) is 0.547. The SMILES string of the molecule is CC(C)(C)OC(=O)N1CCN(CCCN2C(=O)c3ccccc3C2=O)C(=O)C1.[NaH]. The molecular weight excluding hydrogens is 385 g/mol.